The molecule has 0 saturated heterocycles. The van der Waals surface area contributed by atoms with Crippen LogP contribution in [-0.4, -0.2) is 9.97 Å². The zero-order valence-electron chi connectivity index (χ0n) is 8.52. The van der Waals surface area contributed by atoms with Crippen LogP contribution in [0.5, 0.6) is 0 Å². The van der Waals surface area contributed by atoms with E-state index >= 15 is 0 Å². The summed E-state index contributed by atoms with van der Waals surface area (Å²) in [7, 11) is 0. The van der Waals surface area contributed by atoms with E-state index in [4.69, 9.17) is 5.73 Å². The van der Waals surface area contributed by atoms with Gasteiger partial charge in [0, 0.05) is 6.42 Å². The zero-order valence-corrected chi connectivity index (χ0v) is 8.52. The van der Waals surface area contributed by atoms with Gasteiger partial charge in [-0.25, -0.2) is 4.98 Å². The molecule has 1 aromatic carbocycles. The second-order valence-corrected chi connectivity index (χ2v) is 3.49. The minimum Gasteiger partial charge on any atom is -0.397 e. The molecule has 2 aromatic rings. The van der Waals surface area contributed by atoms with Gasteiger partial charge in [-0.15, -0.1) is 0 Å². The monoisotopic (exact) mass is 229 g/mol. The molecule has 1 heterocycles. The van der Waals surface area contributed by atoms with Gasteiger partial charge in [-0.05, 0) is 12.1 Å². The number of imidazole rings is 1. The molecule has 0 aliphatic rings. The first kappa shape index (κ1) is 10.8. The number of rotatable bonds is 1. The van der Waals surface area contributed by atoms with E-state index in [0.717, 1.165) is 12.1 Å². The van der Waals surface area contributed by atoms with E-state index in [1.165, 1.54) is 0 Å². The van der Waals surface area contributed by atoms with E-state index in [0.29, 0.717) is 17.8 Å². The van der Waals surface area contributed by atoms with E-state index in [1.54, 1.807) is 0 Å². The number of aryl methyl sites for hydroxylation is 1. The summed E-state index contributed by atoms with van der Waals surface area (Å²) in [4.78, 5) is 6.92. The largest absolute Gasteiger partial charge is 0.416 e. The van der Waals surface area contributed by atoms with E-state index in [-0.39, 0.29) is 11.2 Å². The molecular weight excluding hydrogens is 219 g/mol. The van der Waals surface area contributed by atoms with Gasteiger partial charge in [-0.2, -0.15) is 13.2 Å². The van der Waals surface area contributed by atoms with Gasteiger partial charge in [0.1, 0.15) is 5.82 Å². The molecule has 0 radical (unpaired) electrons. The lowest BCUT2D eigenvalue weighted by Gasteiger charge is -2.07. The summed E-state index contributed by atoms with van der Waals surface area (Å²) in [5.74, 6) is 0.626. The van der Waals surface area contributed by atoms with Crippen molar-refractivity contribution in [2.75, 3.05) is 5.73 Å². The van der Waals surface area contributed by atoms with Gasteiger partial charge in [0.25, 0.3) is 0 Å². The van der Waals surface area contributed by atoms with E-state index in [9.17, 15) is 13.2 Å². The average Bonchev–Trinajstić information content (AvgIpc) is 2.59. The van der Waals surface area contributed by atoms with Gasteiger partial charge in [0.2, 0.25) is 0 Å². The fourth-order valence-corrected chi connectivity index (χ4v) is 1.52. The second kappa shape index (κ2) is 3.40. The van der Waals surface area contributed by atoms with Crippen LogP contribution in [0.4, 0.5) is 18.9 Å². The van der Waals surface area contributed by atoms with Crippen molar-refractivity contribution in [3.05, 3.63) is 23.5 Å². The molecule has 0 spiro atoms. The van der Waals surface area contributed by atoms with Crippen molar-refractivity contribution in [2.45, 2.75) is 19.5 Å². The molecule has 0 aliphatic heterocycles. The summed E-state index contributed by atoms with van der Waals surface area (Å²) in [6.07, 6.45) is -3.77. The third kappa shape index (κ3) is 1.70. The summed E-state index contributed by atoms with van der Waals surface area (Å²) >= 11 is 0. The SMILES string of the molecule is CCc1nc2cc(C(F)(F)F)cc(N)c2[nH]1. The molecule has 0 fully saturated rings. The van der Waals surface area contributed by atoms with Crippen molar-refractivity contribution >= 4 is 16.7 Å². The molecule has 86 valence electrons. The summed E-state index contributed by atoms with van der Waals surface area (Å²) in [6, 6.07) is 1.92. The fourth-order valence-electron chi connectivity index (χ4n) is 1.52. The Morgan fingerprint density at radius 3 is 2.62 bits per heavy atom. The second-order valence-electron chi connectivity index (χ2n) is 3.49. The Bertz CT molecular complexity index is 528. The summed E-state index contributed by atoms with van der Waals surface area (Å²) < 4.78 is 37.5. The maximum absolute atomic E-state index is 12.5. The molecule has 3 N–H and O–H groups in total. The normalized spacial score (nSPS) is 12.2. The number of aromatic amines is 1. The number of hydrogen-bond donors (Lipinski definition) is 2. The van der Waals surface area contributed by atoms with Crippen molar-refractivity contribution in [1.82, 2.24) is 9.97 Å². The number of anilines is 1. The highest BCUT2D eigenvalue weighted by Crippen LogP contribution is 2.33. The van der Waals surface area contributed by atoms with Crippen LogP contribution in [0.3, 0.4) is 0 Å². The Morgan fingerprint density at radius 2 is 2.06 bits per heavy atom. The summed E-state index contributed by atoms with van der Waals surface area (Å²) in [5, 5.41) is 0. The minimum atomic E-state index is -4.40. The Labute approximate surface area is 89.5 Å². The number of benzene rings is 1. The number of nitrogens with one attached hydrogen (secondary N) is 1. The Hall–Kier alpha value is -1.72. The van der Waals surface area contributed by atoms with Crippen LogP contribution in [0.15, 0.2) is 12.1 Å². The lowest BCUT2D eigenvalue weighted by Crippen LogP contribution is -2.05. The number of halogens is 3. The molecule has 0 aliphatic carbocycles. The number of hydrogen-bond acceptors (Lipinski definition) is 2. The van der Waals surface area contributed by atoms with Gasteiger partial charge < -0.3 is 10.7 Å². The minimum absolute atomic E-state index is 0.0667. The van der Waals surface area contributed by atoms with Gasteiger partial charge in [-0.1, -0.05) is 6.92 Å². The molecule has 0 bridgehead atoms. The quantitative estimate of drug-likeness (QED) is 0.738. The van der Waals surface area contributed by atoms with E-state index in [1.807, 2.05) is 6.92 Å². The van der Waals surface area contributed by atoms with Crippen LogP contribution in [0.25, 0.3) is 11.0 Å². The van der Waals surface area contributed by atoms with Crippen molar-refractivity contribution < 1.29 is 13.2 Å². The Balaban J connectivity index is 2.67. The van der Waals surface area contributed by atoms with Crippen LogP contribution < -0.4 is 5.73 Å². The highest BCUT2D eigenvalue weighted by molar-refractivity contribution is 5.88. The molecule has 0 atom stereocenters. The number of fused-ring (bicyclic) bond motifs is 1. The van der Waals surface area contributed by atoms with Crippen LogP contribution in [0.1, 0.15) is 18.3 Å². The maximum Gasteiger partial charge on any atom is 0.416 e. The summed E-state index contributed by atoms with van der Waals surface area (Å²) in [5.41, 5.74) is 5.56. The third-order valence-electron chi connectivity index (χ3n) is 2.33. The van der Waals surface area contributed by atoms with Crippen LogP contribution >= 0.6 is 0 Å². The Morgan fingerprint density at radius 1 is 1.38 bits per heavy atom. The lowest BCUT2D eigenvalue weighted by molar-refractivity contribution is -0.137. The number of H-pyrrole nitrogens is 1. The predicted octanol–water partition coefficient (Wildman–Crippen LogP) is 2.73. The Kier molecular flexibility index (Phi) is 2.29. The number of aromatic nitrogens is 2. The topological polar surface area (TPSA) is 54.7 Å². The smallest absolute Gasteiger partial charge is 0.397 e. The molecule has 1 aromatic heterocycles. The molecule has 6 heteroatoms. The van der Waals surface area contributed by atoms with Crippen molar-refractivity contribution in [1.29, 1.82) is 0 Å². The van der Waals surface area contributed by atoms with Gasteiger partial charge in [0.05, 0.1) is 22.3 Å². The van der Waals surface area contributed by atoms with Gasteiger partial charge in [-0.3, -0.25) is 0 Å². The highest BCUT2D eigenvalue weighted by Gasteiger charge is 2.31. The molecule has 16 heavy (non-hydrogen) atoms. The van der Waals surface area contributed by atoms with Gasteiger partial charge in [0.15, 0.2) is 0 Å². The van der Waals surface area contributed by atoms with E-state index in [2.05, 4.69) is 9.97 Å². The first-order valence-corrected chi connectivity index (χ1v) is 4.77. The molecule has 0 unspecified atom stereocenters. The molecule has 2 rings (SSSR count). The van der Waals surface area contributed by atoms with E-state index < -0.39 is 11.7 Å². The number of nitrogen functional groups attached to an aromatic ring is 1. The first-order chi connectivity index (χ1) is 7.41. The van der Waals surface area contributed by atoms with Crippen molar-refractivity contribution in [3.8, 4) is 0 Å². The average molecular weight is 229 g/mol. The maximum atomic E-state index is 12.5. The van der Waals surface area contributed by atoms with Crippen molar-refractivity contribution in [2.24, 2.45) is 0 Å². The highest BCUT2D eigenvalue weighted by atomic mass is 19.4. The number of nitrogens with two attached hydrogens (primary N) is 1. The molecular formula is C10H10F3N3. The van der Waals surface area contributed by atoms with Gasteiger partial charge >= 0.3 is 6.18 Å². The molecule has 0 saturated carbocycles. The number of alkyl halides is 3. The van der Waals surface area contributed by atoms with Crippen molar-refractivity contribution in [3.63, 3.8) is 0 Å². The van der Waals surface area contributed by atoms with Crippen LogP contribution in [0.2, 0.25) is 0 Å². The predicted molar refractivity (Wildman–Crippen MR) is 54.9 cm³/mol. The zero-order chi connectivity index (χ0) is 11.9. The molecule has 3 nitrogen and oxygen atoms in total. The third-order valence-corrected chi connectivity index (χ3v) is 2.33. The molecule has 0 amide bonds. The van der Waals surface area contributed by atoms with Crippen LogP contribution in [-0.2, 0) is 12.6 Å². The fraction of sp³-hybridized carbons (Fsp3) is 0.300. The van der Waals surface area contributed by atoms with Crippen LogP contribution in [0, 0.1) is 0 Å². The summed E-state index contributed by atoms with van der Waals surface area (Å²) in [6.45, 7) is 1.86. The lowest BCUT2D eigenvalue weighted by atomic mass is 10.1. The standard InChI is InChI=1S/C10H10F3N3/c1-2-8-15-7-4-5(10(11,12)13)3-6(14)9(7)16-8/h3-4H,2,14H2,1H3,(H,15,16). The number of nitrogens with zero attached hydrogens (tertiary/aromatic N) is 1. The first-order valence-electron chi connectivity index (χ1n) is 4.77.